The molecule has 0 heterocycles. The molecule has 2 rings (SSSR count). The van der Waals surface area contributed by atoms with Crippen LogP contribution in [0.3, 0.4) is 0 Å². The molecule has 0 aliphatic carbocycles. The summed E-state index contributed by atoms with van der Waals surface area (Å²) in [6.07, 6.45) is 0. The molecule has 0 atom stereocenters. The lowest BCUT2D eigenvalue weighted by Crippen LogP contribution is -2.34. The number of amides is 2. The minimum Gasteiger partial charge on any atom is -0.462 e. The molecule has 0 spiro atoms. The maximum Gasteiger partial charge on any atom is 0.338 e. The number of carbonyl (C=O) groups is 2. The van der Waals surface area contributed by atoms with E-state index in [4.69, 9.17) is 4.74 Å². The first-order valence-corrected chi connectivity index (χ1v) is 7.60. The topological polar surface area (TPSA) is 67.4 Å². The monoisotopic (exact) mass is 330 g/mol. The van der Waals surface area contributed by atoms with Gasteiger partial charge in [0.15, 0.2) is 0 Å². The third-order valence-electron chi connectivity index (χ3n) is 3.28. The molecule has 0 bridgehead atoms. The summed E-state index contributed by atoms with van der Waals surface area (Å²) in [6, 6.07) is 12.4. The summed E-state index contributed by atoms with van der Waals surface area (Å²) in [6.45, 7) is 2.73. The number of carbonyl (C=O) groups excluding carboxylic acids is 2. The van der Waals surface area contributed by atoms with E-state index in [1.165, 1.54) is 12.1 Å². The summed E-state index contributed by atoms with van der Waals surface area (Å²) < 4.78 is 17.7. The lowest BCUT2D eigenvalue weighted by atomic mass is 10.1. The molecule has 0 radical (unpaired) electrons. The Kier molecular flexibility index (Phi) is 6.31. The Morgan fingerprint density at radius 2 is 1.42 bits per heavy atom. The van der Waals surface area contributed by atoms with Gasteiger partial charge in [-0.2, -0.15) is 0 Å². The molecule has 6 heteroatoms. The smallest absolute Gasteiger partial charge is 0.338 e. The van der Waals surface area contributed by atoms with Gasteiger partial charge in [-0.1, -0.05) is 24.3 Å². The Balaban J connectivity index is 1.77. The minimum absolute atomic E-state index is 0.311. The molecule has 0 aliphatic heterocycles. The van der Waals surface area contributed by atoms with E-state index in [1.54, 1.807) is 43.3 Å². The van der Waals surface area contributed by atoms with Gasteiger partial charge in [0.25, 0.3) is 0 Å². The van der Waals surface area contributed by atoms with Crippen molar-refractivity contribution in [3.63, 3.8) is 0 Å². The first-order chi connectivity index (χ1) is 11.6. The van der Waals surface area contributed by atoms with Crippen molar-refractivity contribution in [3.05, 3.63) is 71.0 Å². The molecular weight excluding hydrogens is 311 g/mol. The number of ether oxygens (including phenoxy) is 1. The number of hydrogen-bond acceptors (Lipinski definition) is 3. The second-order valence-corrected chi connectivity index (χ2v) is 5.08. The minimum atomic E-state index is -0.367. The highest BCUT2D eigenvalue weighted by Gasteiger charge is 2.06. The largest absolute Gasteiger partial charge is 0.462 e. The molecule has 0 aromatic heterocycles. The van der Waals surface area contributed by atoms with Gasteiger partial charge >= 0.3 is 12.0 Å². The average Bonchev–Trinajstić information content (AvgIpc) is 2.60. The van der Waals surface area contributed by atoms with Crippen LogP contribution >= 0.6 is 0 Å². The predicted octanol–water partition coefficient (Wildman–Crippen LogP) is 3.00. The van der Waals surface area contributed by atoms with Crippen molar-refractivity contribution in [1.29, 1.82) is 0 Å². The summed E-state index contributed by atoms with van der Waals surface area (Å²) in [5.41, 5.74) is 2.15. The zero-order valence-electron chi connectivity index (χ0n) is 13.3. The standard InChI is InChI=1S/C18H19FN2O3/c1-2-24-17(22)15-7-3-13(4-8-15)11-20-18(23)21-12-14-5-9-16(19)10-6-14/h3-10H,2,11-12H2,1H3,(H2,20,21,23). The highest BCUT2D eigenvalue weighted by Crippen LogP contribution is 2.06. The second kappa shape index (κ2) is 8.67. The second-order valence-electron chi connectivity index (χ2n) is 5.08. The van der Waals surface area contributed by atoms with Crippen LogP contribution in [-0.4, -0.2) is 18.6 Å². The van der Waals surface area contributed by atoms with Crippen LogP contribution in [0, 0.1) is 5.82 Å². The number of esters is 1. The third-order valence-corrected chi connectivity index (χ3v) is 3.28. The van der Waals surface area contributed by atoms with Crippen molar-refractivity contribution in [1.82, 2.24) is 10.6 Å². The number of benzene rings is 2. The number of hydrogen-bond donors (Lipinski definition) is 2. The van der Waals surface area contributed by atoms with E-state index in [0.29, 0.717) is 25.3 Å². The Morgan fingerprint density at radius 3 is 1.92 bits per heavy atom. The van der Waals surface area contributed by atoms with Crippen LogP contribution in [0.5, 0.6) is 0 Å². The molecule has 0 aliphatic rings. The lowest BCUT2D eigenvalue weighted by Gasteiger charge is -2.08. The van der Waals surface area contributed by atoms with Crippen molar-refractivity contribution in [3.8, 4) is 0 Å². The Labute approximate surface area is 139 Å². The van der Waals surface area contributed by atoms with Crippen LogP contribution in [0.4, 0.5) is 9.18 Å². The van der Waals surface area contributed by atoms with Gasteiger partial charge < -0.3 is 15.4 Å². The van der Waals surface area contributed by atoms with Crippen LogP contribution in [-0.2, 0) is 17.8 Å². The molecule has 24 heavy (non-hydrogen) atoms. The van der Waals surface area contributed by atoms with E-state index >= 15 is 0 Å². The van der Waals surface area contributed by atoms with Crippen LogP contribution < -0.4 is 10.6 Å². The maximum atomic E-state index is 12.8. The van der Waals surface area contributed by atoms with Gasteiger partial charge in [-0.25, -0.2) is 14.0 Å². The number of rotatable bonds is 6. The number of urea groups is 1. The Morgan fingerprint density at radius 1 is 0.917 bits per heavy atom. The molecule has 5 nitrogen and oxygen atoms in total. The average molecular weight is 330 g/mol. The van der Waals surface area contributed by atoms with Crippen LogP contribution in [0.2, 0.25) is 0 Å². The summed E-state index contributed by atoms with van der Waals surface area (Å²) in [5.74, 6) is -0.677. The molecule has 0 saturated carbocycles. The Bertz CT molecular complexity index is 684. The van der Waals surface area contributed by atoms with Gasteiger partial charge in [-0.15, -0.1) is 0 Å². The highest BCUT2D eigenvalue weighted by molar-refractivity contribution is 5.89. The van der Waals surface area contributed by atoms with Gasteiger partial charge in [0.1, 0.15) is 5.82 Å². The summed E-state index contributed by atoms with van der Waals surface area (Å²) >= 11 is 0. The maximum absolute atomic E-state index is 12.8. The quantitative estimate of drug-likeness (QED) is 0.800. The van der Waals surface area contributed by atoms with Crippen LogP contribution in [0.1, 0.15) is 28.4 Å². The summed E-state index contributed by atoms with van der Waals surface area (Å²) in [4.78, 5) is 23.3. The van der Waals surface area contributed by atoms with E-state index in [9.17, 15) is 14.0 Å². The molecule has 0 unspecified atom stereocenters. The van der Waals surface area contributed by atoms with Gasteiger partial charge in [0.2, 0.25) is 0 Å². The van der Waals surface area contributed by atoms with Gasteiger partial charge in [0, 0.05) is 13.1 Å². The zero-order valence-corrected chi connectivity index (χ0v) is 13.3. The molecule has 0 fully saturated rings. The first-order valence-electron chi connectivity index (χ1n) is 7.60. The van der Waals surface area contributed by atoms with Gasteiger partial charge in [-0.3, -0.25) is 0 Å². The van der Waals surface area contributed by atoms with E-state index in [-0.39, 0.29) is 17.8 Å². The molecule has 2 amide bonds. The fraction of sp³-hybridized carbons (Fsp3) is 0.222. The van der Waals surface area contributed by atoms with Gasteiger partial charge in [-0.05, 0) is 42.3 Å². The van der Waals surface area contributed by atoms with Crippen molar-refractivity contribution in [2.75, 3.05) is 6.61 Å². The molecular formula is C18H19FN2O3. The van der Waals surface area contributed by atoms with Crippen LogP contribution in [0.25, 0.3) is 0 Å². The fourth-order valence-electron chi connectivity index (χ4n) is 2.00. The first kappa shape index (κ1) is 17.5. The molecule has 2 N–H and O–H groups in total. The fourth-order valence-corrected chi connectivity index (χ4v) is 2.00. The summed E-state index contributed by atoms with van der Waals surface area (Å²) in [5, 5.41) is 5.40. The SMILES string of the molecule is CCOC(=O)c1ccc(CNC(=O)NCc2ccc(F)cc2)cc1. The summed E-state index contributed by atoms with van der Waals surface area (Å²) in [7, 11) is 0. The molecule has 0 saturated heterocycles. The Hall–Kier alpha value is -2.89. The molecule has 126 valence electrons. The predicted molar refractivity (Wildman–Crippen MR) is 87.9 cm³/mol. The van der Waals surface area contributed by atoms with Gasteiger partial charge in [0.05, 0.1) is 12.2 Å². The normalized spacial score (nSPS) is 10.1. The molecule has 2 aromatic carbocycles. The van der Waals surface area contributed by atoms with E-state index in [2.05, 4.69) is 10.6 Å². The zero-order chi connectivity index (χ0) is 17.4. The van der Waals surface area contributed by atoms with Crippen molar-refractivity contribution >= 4 is 12.0 Å². The number of nitrogens with one attached hydrogen (secondary N) is 2. The molecule has 2 aromatic rings. The highest BCUT2D eigenvalue weighted by atomic mass is 19.1. The van der Waals surface area contributed by atoms with Crippen molar-refractivity contribution in [2.45, 2.75) is 20.0 Å². The third kappa shape index (κ3) is 5.39. The van der Waals surface area contributed by atoms with E-state index < -0.39 is 0 Å². The van der Waals surface area contributed by atoms with E-state index in [0.717, 1.165) is 11.1 Å². The number of halogens is 1. The van der Waals surface area contributed by atoms with Crippen molar-refractivity contribution in [2.24, 2.45) is 0 Å². The lowest BCUT2D eigenvalue weighted by molar-refractivity contribution is 0.0526. The van der Waals surface area contributed by atoms with Crippen LogP contribution in [0.15, 0.2) is 48.5 Å². The van der Waals surface area contributed by atoms with Crippen molar-refractivity contribution < 1.29 is 18.7 Å². The van der Waals surface area contributed by atoms with E-state index in [1.807, 2.05) is 0 Å².